The van der Waals surface area contributed by atoms with E-state index in [0.29, 0.717) is 12.3 Å². The molecule has 3 nitrogen and oxygen atoms in total. The minimum atomic E-state index is 0.0922. The molecule has 1 amide bonds. The van der Waals surface area contributed by atoms with E-state index in [9.17, 15) is 4.79 Å². The third-order valence-electron chi connectivity index (χ3n) is 3.95. The molecule has 2 rings (SSSR count). The Bertz CT molecular complexity index is 407. The second-order valence-corrected chi connectivity index (χ2v) is 5.33. The van der Waals surface area contributed by atoms with E-state index < -0.39 is 0 Å². The second-order valence-electron chi connectivity index (χ2n) is 5.33. The average Bonchev–Trinajstić information content (AvgIpc) is 2.48. The lowest BCUT2D eigenvalue weighted by molar-refractivity contribution is -0.121. The fraction of sp³-hybridized carbons (Fsp3) is 0.562. The van der Waals surface area contributed by atoms with Gasteiger partial charge in [-0.1, -0.05) is 31.2 Å². The summed E-state index contributed by atoms with van der Waals surface area (Å²) in [6.07, 6.45) is 2.99. The lowest BCUT2D eigenvalue weighted by Gasteiger charge is -2.23. The van der Waals surface area contributed by atoms with Gasteiger partial charge in [0, 0.05) is 6.42 Å². The van der Waals surface area contributed by atoms with Crippen molar-refractivity contribution in [2.24, 2.45) is 0 Å². The standard InChI is InChI=1S/C16H24N2O/c1-3-16(19)18-12(2)13-4-6-14(7-5-13)15-8-10-17-11-9-15/h4-7,12,15,17H,3,8-11H2,1-2H3,(H,18,19). The summed E-state index contributed by atoms with van der Waals surface area (Å²) in [6, 6.07) is 8.84. The molecule has 1 aliphatic heterocycles. The van der Waals surface area contributed by atoms with Crippen molar-refractivity contribution in [2.75, 3.05) is 13.1 Å². The predicted octanol–water partition coefficient (Wildman–Crippen LogP) is 2.74. The zero-order chi connectivity index (χ0) is 13.7. The summed E-state index contributed by atoms with van der Waals surface area (Å²) in [5, 5.41) is 6.39. The van der Waals surface area contributed by atoms with Crippen molar-refractivity contribution in [3.63, 3.8) is 0 Å². The van der Waals surface area contributed by atoms with E-state index in [4.69, 9.17) is 0 Å². The highest BCUT2D eigenvalue weighted by atomic mass is 16.1. The van der Waals surface area contributed by atoms with Crippen molar-refractivity contribution in [2.45, 2.75) is 45.1 Å². The molecule has 0 spiro atoms. The van der Waals surface area contributed by atoms with Gasteiger partial charge < -0.3 is 10.6 Å². The van der Waals surface area contributed by atoms with Crippen LogP contribution in [-0.4, -0.2) is 19.0 Å². The molecule has 1 aromatic rings. The molecule has 1 atom stereocenters. The van der Waals surface area contributed by atoms with Gasteiger partial charge in [-0.2, -0.15) is 0 Å². The quantitative estimate of drug-likeness (QED) is 0.874. The Labute approximate surface area is 115 Å². The summed E-state index contributed by atoms with van der Waals surface area (Å²) in [7, 11) is 0. The van der Waals surface area contributed by atoms with Crippen molar-refractivity contribution >= 4 is 5.91 Å². The maximum Gasteiger partial charge on any atom is 0.220 e. The highest BCUT2D eigenvalue weighted by molar-refractivity contribution is 5.75. The van der Waals surface area contributed by atoms with Crippen LogP contribution in [0.2, 0.25) is 0 Å². The van der Waals surface area contributed by atoms with Gasteiger partial charge in [0.15, 0.2) is 0 Å². The monoisotopic (exact) mass is 260 g/mol. The van der Waals surface area contributed by atoms with Gasteiger partial charge in [0.25, 0.3) is 0 Å². The van der Waals surface area contributed by atoms with Crippen LogP contribution in [0.15, 0.2) is 24.3 Å². The van der Waals surface area contributed by atoms with E-state index in [1.54, 1.807) is 0 Å². The zero-order valence-corrected chi connectivity index (χ0v) is 11.9. The van der Waals surface area contributed by atoms with E-state index in [1.165, 1.54) is 24.0 Å². The molecule has 1 unspecified atom stereocenters. The number of amides is 1. The first-order valence-corrected chi connectivity index (χ1v) is 7.30. The lowest BCUT2D eigenvalue weighted by Crippen LogP contribution is -2.27. The first-order valence-electron chi connectivity index (χ1n) is 7.30. The molecule has 0 aliphatic carbocycles. The fourth-order valence-corrected chi connectivity index (χ4v) is 2.64. The Morgan fingerprint density at radius 2 is 1.95 bits per heavy atom. The maximum absolute atomic E-state index is 11.4. The van der Waals surface area contributed by atoms with E-state index in [1.807, 2.05) is 13.8 Å². The normalized spacial score (nSPS) is 18.0. The zero-order valence-electron chi connectivity index (χ0n) is 11.9. The lowest BCUT2D eigenvalue weighted by atomic mass is 9.89. The van der Waals surface area contributed by atoms with Gasteiger partial charge in [-0.05, 0) is 49.9 Å². The molecule has 0 aromatic heterocycles. The molecule has 19 heavy (non-hydrogen) atoms. The summed E-state index contributed by atoms with van der Waals surface area (Å²) in [5.74, 6) is 0.797. The van der Waals surface area contributed by atoms with Crippen molar-refractivity contribution in [1.82, 2.24) is 10.6 Å². The molecule has 1 heterocycles. The molecule has 1 saturated heterocycles. The Morgan fingerprint density at radius 1 is 1.32 bits per heavy atom. The molecule has 2 N–H and O–H groups in total. The molecule has 104 valence electrons. The summed E-state index contributed by atoms with van der Waals surface area (Å²) in [5.41, 5.74) is 2.61. The van der Waals surface area contributed by atoms with Crippen LogP contribution in [0.1, 0.15) is 56.2 Å². The second kappa shape index (κ2) is 6.71. The Balaban J connectivity index is 1.99. The number of carbonyl (C=O) groups is 1. The number of hydrogen-bond acceptors (Lipinski definition) is 2. The third kappa shape index (κ3) is 3.80. The van der Waals surface area contributed by atoms with Gasteiger partial charge >= 0.3 is 0 Å². The highest BCUT2D eigenvalue weighted by Gasteiger charge is 2.15. The number of hydrogen-bond donors (Lipinski definition) is 2. The first-order chi connectivity index (χ1) is 9.20. The molecule has 0 saturated carbocycles. The Morgan fingerprint density at radius 3 is 2.53 bits per heavy atom. The molecule has 1 aliphatic rings. The summed E-state index contributed by atoms with van der Waals surface area (Å²) < 4.78 is 0. The molecule has 0 bridgehead atoms. The van der Waals surface area contributed by atoms with Crippen molar-refractivity contribution in [3.05, 3.63) is 35.4 Å². The number of rotatable bonds is 4. The van der Waals surface area contributed by atoms with Crippen LogP contribution in [0.25, 0.3) is 0 Å². The summed E-state index contributed by atoms with van der Waals surface area (Å²) in [4.78, 5) is 11.4. The molecule has 1 fully saturated rings. The van der Waals surface area contributed by atoms with Gasteiger partial charge in [-0.25, -0.2) is 0 Å². The Kier molecular flexibility index (Phi) is 4.97. The molecule has 0 radical (unpaired) electrons. The van der Waals surface area contributed by atoms with Gasteiger partial charge in [0.2, 0.25) is 5.91 Å². The van der Waals surface area contributed by atoms with Crippen molar-refractivity contribution in [1.29, 1.82) is 0 Å². The fourth-order valence-electron chi connectivity index (χ4n) is 2.64. The molecule has 1 aromatic carbocycles. The number of nitrogens with one attached hydrogen (secondary N) is 2. The third-order valence-corrected chi connectivity index (χ3v) is 3.95. The van der Waals surface area contributed by atoms with E-state index in [2.05, 4.69) is 34.9 Å². The number of carbonyl (C=O) groups excluding carboxylic acids is 1. The minimum absolute atomic E-state index is 0.0922. The SMILES string of the molecule is CCC(=O)NC(C)c1ccc(C2CCNCC2)cc1. The first kappa shape index (κ1) is 14.1. The molecule has 3 heteroatoms. The highest BCUT2D eigenvalue weighted by Crippen LogP contribution is 2.26. The van der Waals surface area contributed by atoms with E-state index in [-0.39, 0.29) is 11.9 Å². The van der Waals surface area contributed by atoms with Crippen LogP contribution in [0.3, 0.4) is 0 Å². The molecular formula is C16H24N2O. The topological polar surface area (TPSA) is 41.1 Å². The van der Waals surface area contributed by atoms with Crippen LogP contribution >= 0.6 is 0 Å². The van der Waals surface area contributed by atoms with Crippen LogP contribution in [-0.2, 0) is 4.79 Å². The smallest absolute Gasteiger partial charge is 0.220 e. The van der Waals surface area contributed by atoms with Gasteiger partial charge in [-0.15, -0.1) is 0 Å². The van der Waals surface area contributed by atoms with Crippen LogP contribution in [0.5, 0.6) is 0 Å². The Hall–Kier alpha value is -1.35. The van der Waals surface area contributed by atoms with Gasteiger partial charge in [0.1, 0.15) is 0 Å². The maximum atomic E-state index is 11.4. The van der Waals surface area contributed by atoms with E-state index >= 15 is 0 Å². The van der Waals surface area contributed by atoms with Crippen molar-refractivity contribution < 1.29 is 4.79 Å². The summed E-state index contributed by atoms with van der Waals surface area (Å²) in [6.45, 7) is 6.15. The van der Waals surface area contributed by atoms with Gasteiger partial charge in [0.05, 0.1) is 6.04 Å². The minimum Gasteiger partial charge on any atom is -0.350 e. The number of piperidine rings is 1. The van der Waals surface area contributed by atoms with Crippen LogP contribution < -0.4 is 10.6 Å². The van der Waals surface area contributed by atoms with Crippen LogP contribution in [0, 0.1) is 0 Å². The van der Waals surface area contributed by atoms with E-state index in [0.717, 1.165) is 13.1 Å². The van der Waals surface area contributed by atoms with Crippen molar-refractivity contribution in [3.8, 4) is 0 Å². The molecular weight excluding hydrogens is 236 g/mol. The van der Waals surface area contributed by atoms with Crippen LogP contribution in [0.4, 0.5) is 0 Å². The summed E-state index contributed by atoms with van der Waals surface area (Å²) >= 11 is 0. The largest absolute Gasteiger partial charge is 0.350 e. The van der Waals surface area contributed by atoms with Gasteiger partial charge in [-0.3, -0.25) is 4.79 Å². The predicted molar refractivity (Wildman–Crippen MR) is 78.1 cm³/mol. The average molecular weight is 260 g/mol. The number of benzene rings is 1.